The topological polar surface area (TPSA) is 127 Å². The molecule has 0 radical (unpaired) electrons. The number of nitrogens with zero attached hydrogens (tertiary/aromatic N) is 4. The molecule has 0 saturated carbocycles. The Morgan fingerprint density at radius 3 is 3.14 bits per heavy atom. The van der Waals surface area contributed by atoms with Crippen molar-refractivity contribution in [3.8, 4) is 0 Å². The van der Waals surface area contributed by atoms with Gasteiger partial charge in [0.2, 0.25) is 0 Å². The molecule has 1 fully saturated rings. The number of ether oxygens (including phenoxy) is 1. The second-order valence-corrected chi connectivity index (χ2v) is 4.86. The summed E-state index contributed by atoms with van der Waals surface area (Å²) in [5.41, 5.74) is 5.66. The molecule has 9 nitrogen and oxygen atoms in total. The van der Waals surface area contributed by atoms with E-state index in [-0.39, 0.29) is 17.1 Å². The number of nitrogens with two attached hydrogens (primary N) is 1. The average Bonchev–Trinajstić information content (AvgIpc) is 2.94. The highest BCUT2D eigenvalue weighted by Gasteiger charge is 2.27. The number of nitro groups is 1. The molecule has 1 aliphatic heterocycles. The van der Waals surface area contributed by atoms with Crippen molar-refractivity contribution < 1.29 is 14.9 Å². The third-order valence-corrected chi connectivity index (χ3v) is 3.43. The van der Waals surface area contributed by atoms with Crippen LogP contribution in [0, 0.1) is 16.0 Å². The van der Waals surface area contributed by atoms with E-state index in [2.05, 4.69) is 10.1 Å². The van der Waals surface area contributed by atoms with Gasteiger partial charge in [-0.25, -0.2) is 4.98 Å². The number of hydrogen-bond acceptors (Lipinski definition) is 7. The van der Waals surface area contributed by atoms with Gasteiger partial charge in [0.15, 0.2) is 5.84 Å². The van der Waals surface area contributed by atoms with Gasteiger partial charge in [0.25, 0.3) is 5.69 Å². The molecule has 0 aromatic carbocycles. The Hall–Kier alpha value is -2.42. The van der Waals surface area contributed by atoms with Gasteiger partial charge < -0.3 is 20.6 Å². The van der Waals surface area contributed by atoms with Crippen LogP contribution in [0.5, 0.6) is 0 Å². The molecule has 0 spiro atoms. The monoisotopic (exact) mass is 295 g/mol. The smallest absolute Gasteiger partial charge is 0.288 e. The summed E-state index contributed by atoms with van der Waals surface area (Å²) in [6.45, 7) is 2.09. The molecule has 1 aromatic rings. The Labute approximate surface area is 121 Å². The van der Waals surface area contributed by atoms with Crippen LogP contribution in [0.15, 0.2) is 17.4 Å². The van der Waals surface area contributed by atoms with E-state index in [1.165, 1.54) is 12.3 Å². The number of hydrogen-bond donors (Lipinski definition) is 2. The van der Waals surface area contributed by atoms with Crippen molar-refractivity contribution >= 4 is 17.3 Å². The fourth-order valence-electron chi connectivity index (χ4n) is 2.44. The number of amidine groups is 1. The highest BCUT2D eigenvalue weighted by Crippen LogP contribution is 2.27. The van der Waals surface area contributed by atoms with Crippen molar-refractivity contribution in [2.24, 2.45) is 16.8 Å². The second-order valence-electron chi connectivity index (χ2n) is 4.86. The molecule has 0 aliphatic carbocycles. The molecule has 1 atom stereocenters. The summed E-state index contributed by atoms with van der Waals surface area (Å²) < 4.78 is 5.13. The molecule has 114 valence electrons. The Bertz CT molecular complexity index is 563. The summed E-state index contributed by atoms with van der Waals surface area (Å²) >= 11 is 0. The zero-order valence-corrected chi connectivity index (χ0v) is 11.6. The average molecular weight is 295 g/mol. The maximum atomic E-state index is 10.8. The van der Waals surface area contributed by atoms with Gasteiger partial charge in [-0.3, -0.25) is 10.1 Å². The van der Waals surface area contributed by atoms with Gasteiger partial charge in [0.1, 0.15) is 12.0 Å². The largest absolute Gasteiger partial charge is 0.409 e. The van der Waals surface area contributed by atoms with Crippen LogP contribution in [0.2, 0.25) is 0 Å². The molecular formula is C12H17N5O4. The van der Waals surface area contributed by atoms with E-state index in [0.717, 1.165) is 13.0 Å². The zero-order valence-electron chi connectivity index (χ0n) is 11.6. The minimum Gasteiger partial charge on any atom is -0.409 e. The number of pyridine rings is 1. The molecule has 0 amide bonds. The number of anilines is 1. The molecule has 3 N–H and O–H groups in total. The van der Waals surface area contributed by atoms with Gasteiger partial charge in [-0.1, -0.05) is 5.16 Å². The van der Waals surface area contributed by atoms with Gasteiger partial charge in [-0.05, 0) is 6.42 Å². The fourth-order valence-corrected chi connectivity index (χ4v) is 2.44. The first kappa shape index (κ1) is 15.0. The van der Waals surface area contributed by atoms with Crippen molar-refractivity contribution in [2.75, 3.05) is 31.7 Å². The van der Waals surface area contributed by atoms with E-state index in [9.17, 15) is 10.1 Å². The summed E-state index contributed by atoms with van der Waals surface area (Å²) in [6, 6.07) is 1.26. The lowest BCUT2D eigenvalue weighted by atomic mass is 10.1. The lowest BCUT2D eigenvalue weighted by molar-refractivity contribution is -0.385. The maximum absolute atomic E-state index is 10.8. The van der Waals surface area contributed by atoms with Gasteiger partial charge in [-0.15, -0.1) is 0 Å². The lowest BCUT2D eigenvalue weighted by Crippen LogP contribution is -2.26. The number of methoxy groups -OCH3 is 1. The van der Waals surface area contributed by atoms with Crippen LogP contribution >= 0.6 is 0 Å². The Balaban J connectivity index is 2.33. The molecule has 1 aromatic heterocycles. The highest BCUT2D eigenvalue weighted by atomic mass is 16.6. The van der Waals surface area contributed by atoms with Crippen LogP contribution in [0.25, 0.3) is 0 Å². The number of rotatable bonds is 5. The van der Waals surface area contributed by atoms with Crippen LogP contribution < -0.4 is 10.6 Å². The van der Waals surface area contributed by atoms with Gasteiger partial charge in [0.05, 0.1) is 17.1 Å². The van der Waals surface area contributed by atoms with Crippen LogP contribution in [0.1, 0.15) is 12.0 Å². The van der Waals surface area contributed by atoms with E-state index in [1.54, 1.807) is 7.11 Å². The highest BCUT2D eigenvalue weighted by molar-refractivity contribution is 6.02. The van der Waals surface area contributed by atoms with Crippen LogP contribution in [0.3, 0.4) is 0 Å². The van der Waals surface area contributed by atoms with Crippen molar-refractivity contribution in [2.45, 2.75) is 6.42 Å². The van der Waals surface area contributed by atoms with E-state index in [4.69, 9.17) is 15.7 Å². The minimum atomic E-state index is -0.567. The quantitative estimate of drug-likeness (QED) is 0.267. The van der Waals surface area contributed by atoms with Gasteiger partial charge in [-0.2, -0.15) is 0 Å². The van der Waals surface area contributed by atoms with E-state index >= 15 is 0 Å². The molecule has 0 bridgehead atoms. The summed E-state index contributed by atoms with van der Waals surface area (Å²) in [5, 5.41) is 22.6. The number of oxime groups is 1. The minimum absolute atomic E-state index is 0.198. The normalized spacial score (nSPS) is 19.0. The third kappa shape index (κ3) is 3.19. The Morgan fingerprint density at radius 2 is 2.52 bits per heavy atom. The molecule has 21 heavy (non-hydrogen) atoms. The van der Waals surface area contributed by atoms with Crippen LogP contribution in [0.4, 0.5) is 11.5 Å². The molecule has 1 unspecified atom stereocenters. The molecule has 2 heterocycles. The lowest BCUT2D eigenvalue weighted by Gasteiger charge is -2.20. The van der Waals surface area contributed by atoms with Gasteiger partial charge >= 0.3 is 0 Å². The first-order valence-electron chi connectivity index (χ1n) is 6.43. The first-order chi connectivity index (χ1) is 10.1. The maximum Gasteiger partial charge on any atom is 0.288 e. The predicted molar refractivity (Wildman–Crippen MR) is 75.6 cm³/mol. The SMILES string of the molecule is COCC1CCN(c2ncc([N+](=O)[O-])cc2C(N)=NO)C1. The van der Waals surface area contributed by atoms with Crippen molar-refractivity contribution in [1.29, 1.82) is 0 Å². The van der Waals surface area contributed by atoms with E-state index < -0.39 is 4.92 Å². The second kappa shape index (κ2) is 6.35. The third-order valence-electron chi connectivity index (χ3n) is 3.43. The zero-order chi connectivity index (χ0) is 15.4. The molecular weight excluding hydrogens is 278 g/mol. The van der Waals surface area contributed by atoms with Crippen molar-refractivity contribution in [3.63, 3.8) is 0 Å². The summed E-state index contributed by atoms with van der Waals surface area (Å²) in [6.07, 6.45) is 2.11. The van der Waals surface area contributed by atoms with Crippen molar-refractivity contribution in [1.82, 2.24) is 4.98 Å². The summed E-state index contributed by atoms with van der Waals surface area (Å²) in [4.78, 5) is 16.3. The molecule has 9 heteroatoms. The standard InChI is InChI=1S/C12H17N5O4/c1-21-7-8-2-3-16(6-8)12-10(11(13)15-18)4-9(5-14-12)17(19)20/h4-5,8,18H,2-3,6-7H2,1H3,(H2,13,15). The van der Waals surface area contributed by atoms with Crippen molar-refractivity contribution in [3.05, 3.63) is 27.9 Å². The van der Waals surface area contributed by atoms with E-state index in [0.29, 0.717) is 24.9 Å². The molecule has 2 rings (SSSR count). The molecule has 1 aliphatic rings. The Kier molecular flexibility index (Phi) is 4.53. The summed E-state index contributed by atoms with van der Waals surface area (Å²) in [5.74, 6) is 0.651. The number of aromatic nitrogens is 1. The predicted octanol–water partition coefficient (Wildman–Crippen LogP) is 0.557. The summed E-state index contributed by atoms with van der Waals surface area (Å²) in [7, 11) is 1.65. The van der Waals surface area contributed by atoms with Crippen LogP contribution in [-0.2, 0) is 4.74 Å². The molecule has 1 saturated heterocycles. The Morgan fingerprint density at radius 1 is 1.76 bits per heavy atom. The fraction of sp³-hybridized carbons (Fsp3) is 0.500. The first-order valence-corrected chi connectivity index (χ1v) is 6.43. The van der Waals surface area contributed by atoms with Crippen LogP contribution in [-0.4, -0.2) is 47.8 Å². The van der Waals surface area contributed by atoms with E-state index in [1.807, 2.05) is 4.90 Å². The van der Waals surface area contributed by atoms with Gasteiger partial charge in [0, 0.05) is 32.2 Å².